The van der Waals surface area contributed by atoms with Crippen LogP contribution < -0.4 is 5.32 Å². The van der Waals surface area contributed by atoms with Gasteiger partial charge in [-0.15, -0.1) is 11.8 Å². The van der Waals surface area contributed by atoms with Crippen LogP contribution in [0.3, 0.4) is 0 Å². The van der Waals surface area contributed by atoms with Gasteiger partial charge in [-0.2, -0.15) is 0 Å². The lowest BCUT2D eigenvalue weighted by Gasteiger charge is -2.15. The van der Waals surface area contributed by atoms with Gasteiger partial charge in [-0.1, -0.05) is 30.3 Å². The molecule has 0 aliphatic rings. The summed E-state index contributed by atoms with van der Waals surface area (Å²) in [5, 5.41) is 2.56. The van der Waals surface area contributed by atoms with Gasteiger partial charge in [-0.3, -0.25) is 4.79 Å². The molecule has 4 heteroatoms. The van der Waals surface area contributed by atoms with Crippen molar-refractivity contribution in [1.29, 1.82) is 0 Å². The van der Waals surface area contributed by atoms with Gasteiger partial charge >= 0.3 is 0 Å². The molecular formula is C17H18FNOS. The van der Waals surface area contributed by atoms with Gasteiger partial charge < -0.3 is 5.32 Å². The Hall–Kier alpha value is -1.81. The third-order valence-electron chi connectivity index (χ3n) is 3.24. The average Bonchev–Trinajstić information content (AvgIpc) is 2.45. The third-order valence-corrected chi connectivity index (χ3v) is 4.39. The zero-order valence-electron chi connectivity index (χ0n) is 12.3. The van der Waals surface area contributed by atoms with Crippen LogP contribution >= 0.6 is 11.8 Å². The molecule has 1 unspecified atom stereocenters. The van der Waals surface area contributed by atoms with Crippen LogP contribution in [-0.4, -0.2) is 11.2 Å². The topological polar surface area (TPSA) is 29.1 Å². The lowest BCUT2D eigenvalue weighted by atomic mass is 10.1. The Morgan fingerprint density at radius 1 is 1.10 bits per heavy atom. The Kier molecular flexibility index (Phi) is 5.02. The molecule has 0 saturated heterocycles. The molecule has 0 aliphatic heterocycles. The molecule has 2 aromatic rings. The highest BCUT2D eigenvalue weighted by Crippen LogP contribution is 2.27. The summed E-state index contributed by atoms with van der Waals surface area (Å²) in [5.74, 6) is -0.421. The highest BCUT2D eigenvalue weighted by atomic mass is 32.2. The van der Waals surface area contributed by atoms with E-state index in [4.69, 9.17) is 0 Å². The monoisotopic (exact) mass is 303 g/mol. The molecule has 110 valence electrons. The summed E-state index contributed by atoms with van der Waals surface area (Å²) in [6, 6.07) is 12.4. The van der Waals surface area contributed by atoms with Crippen LogP contribution in [0.5, 0.6) is 0 Å². The quantitative estimate of drug-likeness (QED) is 0.839. The van der Waals surface area contributed by atoms with Crippen LogP contribution in [-0.2, 0) is 4.79 Å². The minimum atomic E-state index is -0.374. The molecule has 0 heterocycles. The number of thioether (sulfide) groups is 1. The minimum Gasteiger partial charge on any atom is -0.325 e. The fraction of sp³-hybridized carbons (Fsp3) is 0.235. The molecule has 0 saturated carbocycles. The number of hydrogen-bond acceptors (Lipinski definition) is 2. The predicted octanol–water partition coefficient (Wildman–Crippen LogP) is 4.56. The van der Waals surface area contributed by atoms with Gasteiger partial charge in [-0.25, -0.2) is 4.39 Å². The zero-order chi connectivity index (χ0) is 15.4. The highest BCUT2D eigenvalue weighted by Gasteiger charge is 2.17. The first-order chi connectivity index (χ1) is 9.99. The number of benzene rings is 2. The molecule has 0 fully saturated rings. The van der Waals surface area contributed by atoms with Gasteiger partial charge in [0.05, 0.1) is 5.25 Å². The molecule has 1 amide bonds. The van der Waals surface area contributed by atoms with E-state index in [1.54, 1.807) is 25.1 Å². The summed E-state index contributed by atoms with van der Waals surface area (Å²) < 4.78 is 13.6. The number of halogens is 1. The number of carbonyl (C=O) groups excluding carboxylic acids is 1. The number of rotatable bonds is 4. The van der Waals surface area contributed by atoms with Gasteiger partial charge in [0.25, 0.3) is 0 Å². The largest absolute Gasteiger partial charge is 0.325 e. The number of para-hydroxylation sites is 1. The fourth-order valence-electron chi connectivity index (χ4n) is 2.02. The average molecular weight is 303 g/mol. The maximum Gasteiger partial charge on any atom is 0.237 e. The van der Waals surface area contributed by atoms with E-state index in [0.717, 1.165) is 16.8 Å². The third kappa shape index (κ3) is 3.85. The van der Waals surface area contributed by atoms with E-state index in [1.165, 1.54) is 17.8 Å². The number of carbonyl (C=O) groups is 1. The minimum absolute atomic E-state index is 0.124. The lowest BCUT2D eigenvalue weighted by Crippen LogP contribution is -2.23. The Balaban J connectivity index is 2.08. The molecule has 2 rings (SSSR count). The molecule has 21 heavy (non-hydrogen) atoms. The van der Waals surface area contributed by atoms with Gasteiger partial charge in [-0.05, 0) is 44.0 Å². The zero-order valence-corrected chi connectivity index (χ0v) is 13.1. The normalized spacial score (nSPS) is 12.0. The summed E-state index contributed by atoms with van der Waals surface area (Å²) in [5.41, 5.74) is 2.88. The SMILES string of the molecule is Cc1cccc(C)c1NC(=O)C(C)Sc1ccccc1F. The summed E-state index contributed by atoms with van der Waals surface area (Å²) in [6.07, 6.45) is 0. The molecule has 1 N–H and O–H groups in total. The van der Waals surface area contributed by atoms with E-state index in [9.17, 15) is 9.18 Å². The molecular weight excluding hydrogens is 285 g/mol. The van der Waals surface area contributed by atoms with Gasteiger partial charge in [0.15, 0.2) is 0 Å². The Bertz CT molecular complexity index is 637. The van der Waals surface area contributed by atoms with Crippen LogP contribution in [0.2, 0.25) is 0 Å². The first-order valence-corrected chi connectivity index (χ1v) is 7.65. The number of hydrogen-bond donors (Lipinski definition) is 1. The van der Waals surface area contributed by atoms with Crippen LogP contribution in [0, 0.1) is 19.7 Å². The van der Waals surface area contributed by atoms with Crippen molar-refractivity contribution in [2.45, 2.75) is 30.9 Å². The fourth-order valence-corrected chi connectivity index (χ4v) is 2.91. The molecule has 0 bridgehead atoms. The van der Waals surface area contributed by atoms with Crippen molar-refractivity contribution in [1.82, 2.24) is 0 Å². The van der Waals surface area contributed by atoms with Gasteiger partial charge in [0, 0.05) is 10.6 Å². The Morgan fingerprint density at radius 2 is 1.71 bits per heavy atom. The van der Waals surface area contributed by atoms with Crippen LogP contribution in [0.15, 0.2) is 47.4 Å². The van der Waals surface area contributed by atoms with Gasteiger partial charge in [0.1, 0.15) is 5.82 Å². The molecule has 2 aromatic carbocycles. The Labute approximate surface area is 128 Å². The van der Waals surface area contributed by atoms with Crippen molar-refractivity contribution in [2.75, 3.05) is 5.32 Å². The maximum absolute atomic E-state index is 13.6. The summed E-state index contributed by atoms with van der Waals surface area (Å²) in [6.45, 7) is 5.69. The van der Waals surface area contributed by atoms with Crippen molar-refractivity contribution >= 4 is 23.4 Å². The van der Waals surface area contributed by atoms with E-state index in [2.05, 4.69) is 5.32 Å². The van der Waals surface area contributed by atoms with Crippen molar-refractivity contribution in [3.8, 4) is 0 Å². The molecule has 2 nitrogen and oxygen atoms in total. The number of aryl methyl sites for hydroxylation is 2. The Morgan fingerprint density at radius 3 is 2.33 bits per heavy atom. The molecule has 0 spiro atoms. The van der Waals surface area contributed by atoms with Crippen LogP contribution in [0.25, 0.3) is 0 Å². The van der Waals surface area contributed by atoms with Crippen LogP contribution in [0.1, 0.15) is 18.1 Å². The molecule has 0 radical (unpaired) electrons. The molecule has 0 aromatic heterocycles. The number of amides is 1. The smallest absolute Gasteiger partial charge is 0.237 e. The standard InChI is InChI=1S/C17H18FNOS/c1-11-7-6-8-12(2)16(11)19-17(20)13(3)21-15-10-5-4-9-14(15)18/h4-10,13H,1-3H3,(H,19,20). The van der Waals surface area contributed by atoms with E-state index in [-0.39, 0.29) is 17.0 Å². The summed E-state index contributed by atoms with van der Waals surface area (Å²) in [7, 11) is 0. The summed E-state index contributed by atoms with van der Waals surface area (Å²) >= 11 is 1.22. The summed E-state index contributed by atoms with van der Waals surface area (Å²) in [4.78, 5) is 12.8. The van der Waals surface area contributed by atoms with E-state index in [0.29, 0.717) is 4.90 Å². The van der Waals surface area contributed by atoms with Crippen molar-refractivity contribution < 1.29 is 9.18 Å². The molecule has 1 atom stereocenters. The first-order valence-electron chi connectivity index (χ1n) is 6.77. The number of nitrogens with one attached hydrogen (secondary N) is 1. The highest BCUT2D eigenvalue weighted by molar-refractivity contribution is 8.00. The van der Waals surface area contributed by atoms with E-state index in [1.807, 2.05) is 32.0 Å². The van der Waals surface area contributed by atoms with Crippen molar-refractivity contribution in [3.63, 3.8) is 0 Å². The van der Waals surface area contributed by atoms with Gasteiger partial charge in [0.2, 0.25) is 5.91 Å². The number of anilines is 1. The van der Waals surface area contributed by atoms with E-state index >= 15 is 0 Å². The predicted molar refractivity (Wildman–Crippen MR) is 86.3 cm³/mol. The lowest BCUT2D eigenvalue weighted by molar-refractivity contribution is -0.115. The van der Waals surface area contributed by atoms with Crippen molar-refractivity contribution in [3.05, 3.63) is 59.4 Å². The van der Waals surface area contributed by atoms with E-state index < -0.39 is 0 Å². The second-order valence-electron chi connectivity index (χ2n) is 4.95. The second kappa shape index (κ2) is 6.76. The first kappa shape index (κ1) is 15.6. The maximum atomic E-state index is 13.6. The molecule has 0 aliphatic carbocycles. The second-order valence-corrected chi connectivity index (χ2v) is 6.33. The van der Waals surface area contributed by atoms with Crippen LogP contribution in [0.4, 0.5) is 10.1 Å². The van der Waals surface area contributed by atoms with Crippen molar-refractivity contribution in [2.24, 2.45) is 0 Å².